The van der Waals surface area contributed by atoms with E-state index >= 15 is 0 Å². The number of likely N-dealkylation sites (N-methyl/N-ethyl adjacent to an activating group) is 2. The van der Waals surface area contributed by atoms with Crippen LogP contribution < -0.4 is 5.32 Å². The fourth-order valence-electron chi connectivity index (χ4n) is 3.01. The highest BCUT2D eigenvalue weighted by molar-refractivity contribution is 6.32. The van der Waals surface area contributed by atoms with Gasteiger partial charge in [-0.1, -0.05) is 30.9 Å². The van der Waals surface area contributed by atoms with Crippen LogP contribution in [0.1, 0.15) is 32.1 Å². The van der Waals surface area contributed by atoms with Gasteiger partial charge in [0.2, 0.25) is 5.91 Å². The summed E-state index contributed by atoms with van der Waals surface area (Å²) in [4.78, 5) is 37.9. The fourth-order valence-corrected chi connectivity index (χ4v) is 3.19. The predicted molar refractivity (Wildman–Crippen MR) is 99.4 cm³/mol. The lowest BCUT2D eigenvalue weighted by Gasteiger charge is -2.32. The second-order valence-electron chi connectivity index (χ2n) is 6.51. The summed E-state index contributed by atoms with van der Waals surface area (Å²) < 4.78 is 0. The number of halogens is 1. The van der Waals surface area contributed by atoms with Crippen molar-refractivity contribution >= 4 is 34.9 Å². The third kappa shape index (κ3) is 5.08. The number of carbonyl (C=O) groups excluding carboxylic acids is 2. The van der Waals surface area contributed by atoms with Crippen LogP contribution in [0.5, 0.6) is 0 Å². The summed E-state index contributed by atoms with van der Waals surface area (Å²) in [6, 6.07) is 3.71. The van der Waals surface area contributed by atoms with Gasteiger partial charge >= 0.3 is 6.03 Å². The Labute approximate surface area is 157 Å². The van der Waals surface area contributed by atoms with Crippen LogP contribution >= 0.6 is 11.6 Å². The molecule has 1 aliphatic carbocycles. The van der Waals surface area contributed by atoms with Gasteiger partial charge in [0.15, 0.2) is 0 Å². The molecule has 1 N–H and O–H groups in total. The minimum atomic E-state index is -0.621. The number of carbonyl (C=O) groups is 2. The van der Waals surface area contributed by atoms with Gasteiger partial charge in [-0.25, -0.2) is 4.79 Å². The normalized spacial score (nSPS) is 14.6. The molecule has 1 aromatic carbocycles. The van der Waals surface area contributed by atoms with Crippen molar-refractivity contribution in [1.82, 2.24) is 9.80 Å². The topological polar surface area (TPSA) is 95.8 Å². The molecule has 0 saturated heterocycles. The smallest absolute Gasteiger partial charge is 0.322 e. The summed E-state index contributed by atoms with van der Waals surface area (Å²) in [6.07, 6.45) is 5.43. The largest absolute Gasteiger partial charge is 0.341 e. The maximum absolute atomic E-state index is 12.4. The van der Waals surface area contributed by atoms with Gasteiger partial charge in [0.1, 0.15) is 11.6 Å². The average Bonchev–Trinajstić information content (AvgIpc) is 2.62. The van der Waals surface area contributed by atoms with E-state index in [1.807, 2.05) is 0 Å². The Bertz CT molecular complexity index is 691. The SMILES string of the molecule is CN(CC(=O)N(C)C1CCCCC1)C(=O)Nc1ccc(Cl)c([N+](=O)[O-])c1. The van der Waals surface area contributed by atoms with Gasteiger partial charge < -0.3 is 15.1 Å². The van der Waals surface area contributed by atoms with Crippen molar-refractivity contribution in [3.05, 3.63) is 33.3 Å². The van der Waals surface area contributed by atoms with Crippen LogP contribution in [0.15, 0.2) is 18.2 Å². The molecular formula is C17H23ClN4O4. The average molecular weight is 383 g/mol. The molecule has 0 aromatic heterocycles. The van der Waals surface area contributed by atoms with E-state index in [2.05, 4.69) is 5.32 Å². The number of amides is 3. The van der Waals surface area contributed by atoms with Gasteiger partial charge in [0, 0.05) is 31.9 Å². The van der Waals surface area contributed by atoms with E-state index in [4.69, 9.17) is 11.6 Å². The number of hydrogen-bond acceptors (Lipinski definition) is 4. The predicted octanol–water partition coefficient (Wildman–Crippen LogP) is 3.50. The highest BCUT2D eigenvalue weighted by atomic mass is 35.5. The molecule has 0 aliphatic heterocycles. The van der Waals surface area contributed by atoms with Crippen molar-refractivity contribution in [2.24, 2.45) is 0 Å². The summed E-state index contributed by atoms with van der Waals surface area (Å²) in [7, 11) is 3.28. The summed E-state index contributed by atoms with van der Waals surface area (Å²) in [5.41, 5.74) is -0.0498. The molecule has 0 unspecified atom stereocenters. The molecule has 0 atom stereocenters. The number of anilines is 1. The number of urea groups is 1. The second kappa shape index (κ2) is 8.84. The van der Waals surface area contributed by atoms with E-state index in [1.165, 1.54) is 36.6 Å². The lowest BCUT2D eigenvalue weighted by Crippen LogP contribution is -2.45. The minimum Gasteiger partial charge on any atom is -0.341 e. The summed E-state index contributed by atoms with van der Waals surface area (Å²) in [5, 5.41) is 13.4. The van der Waals surface area contributed by atoms with Crippen LogP contribution in [-0.4, -0.2) is 53.3 Å². The Morgan fingerprint density at radius 3 is 2.54 bits per heavy atom. The van der Waals surface area contributed by atoms with E-state index in [-0.39, 0.29) is 34.9 Å². The van der Waals surface area contributed by atoms with Crippen LogP contribution in [-0.2, 0) is 4.79 Å². The van der Waals surface area contributed by atoms with Crippen LogP contribution in [0.2, 0.25) is 5.02 Å². The summed E-state index contributed by atoms with van der Waals surface area (Å²) in [6.45, 7) is -0.0610. The molecule has 9 heteroatoms. The van der Waals surface area contributed by atoms with Crippen molar-refractivity contribution in [3.63, 3.8) is 0 Å². The maximum Gasteiger partial charge on any atom is 0.322 e. The van der Waals surface area contributed by atoms with E-state index in [1.54, 1.807) is 11.9 Å². The Hall–Kier alpha value is -2.35. The van der Waals surface area contributed by atoms with Gasteiger partial charge in [-0.3, -0.25) is 14.9 Å². The molecule has 8 nitrogen and oxygen atoms in total. The van der Waals surface area contributed by atoms with Crippen molar-refractivity contribution < 1.29 is 14.5 Å². The van der Waals surface area contributed by atoms with Gasteiger partial charge in [0.05, 0.1) is 4.92 Å². The molecule has 0 heterocycles. The fraction of sp³-hybridized carbons (Fsp3) is 0.529. The Balaban J connectivity index is 1.93. The Morgan fingerprint density at radius 1 is 1.27 bits per heavy atom. The highest BCUT2D eigenvalue weighted by Gasteiger charge is 2.24. The van der Waals surface area contributed by atoms with Gasteiger partial charge in [-0.2, -0.15) is 0 Å². The number of nitro benzene ring substituents is 1. The standard InChI is InChI=1S/C17H23ClN4O4/c1-20(11-16(23)21(2)13-6-4-3-5-7-13)17(24)19-12-8-9-14(18)15(10-12)22(25)26/h8-10,13H,3-7,11H2,1-2H3,(H,19,24). The van der Waals surface area contributed by atoms with Crippen LogP contribution in [0.3, 0.4) is 0 Å². The second-order valence-corrected chi connectivity index (χ2v) is 6.91. The molecule has 1 aliphatic rings. The molecule has 2 rings (SSSR count). The number of hydrogen-bond donors (Lipinski definition) is 1. The molecule has 3 amide bonds. The quantitative estimate of drug-likeness (QED) is 0.622. The van der Waals surface area contributed by atoms with Crippen molar-refractivity contribution in [3.8, 4) is 0 Å². The van der Waals surface area contributed by atoms with Crippen LogP contribution in [0, 0.1) is 10.1 Å². The summed E-state index contributed by atoms with van der Waals surface area (Å²) >= 11 is 5.75. The lowest BCUT2D eigenvalue weighted by molar-refractivity contribution is -0.384. The molecule has 26 heavy (non-hydrogen) atoms. The zero-order valence-electron chi connectivity index (χ0n) is 14.9. The van der Waals surface area contributed by atoms with Crippen molar-refractivity contribution in [2.45, 2.75) is 38.1 Å². The van der Waals surface area contributed by atoms with E-state index in [0.29, 0.717) is 0 Å². The zero-order valence-corrected chi connectivity index (χ0v) is 15.7. The highest BCUT2D eigenvalue weighted by Crippen LogP contribution is 2.27. The lowest BCUT2D eigenvalue weighted by atomic mass is 9.94. The van der Waals surface area contributed by atoms with Crippen molar-refractivity contribution in [2.75, 3.05) is 26.0 Å². The molecular weight excluding hydrogens is 360 g/mol. The number of nitrogens with one attached hydrogen (secondary N) is 1. The molecule has 1 fully saturated rings. The molecule has 1 saturated carbocycles. The van der Waals surface area contributed by atoms with E-state index in [0.717, 1.165) is 25.7 Å². The van der Waals surface area contributed by atoms with Gasteiger partial charge in [-0.15, -0.1) is 0 Å². The number of rotatable bonds is 5. The first-order valence-corrected chi connectivity index (χ1v) is 8.89. The first-order valence-electron chi connectivity index (χ1n) is 8.51. The number of benzene rings is 1. The van der Waals surface area contributed by atoms with Gasteiger partial charge in [0.25, 0.3) is 5.69 Å². The van der Waals surface area contributed by atoms with Crippen LogP contribution in [0.25, 0.3) is 0 Å². The first kappa shape index (κ1) is 20.0. The third-order valence-electron chi connectivity index (χ3n) is 4.63. The minimum absolute atomic E-state index is 0.00867. The number of nitrogens with zero attached hydrogens (tertiary/aromatic N) is 3. The van der Waals surface area contributed by atoms with Crippen LogP contribution in [0.4, 0.5) is 16.2 Å². The van der Waals surface area contributed by atoms with E-state index in [9.17, 15) is 19.7 Å². The molecule has 0 radical (unpaired) electrons. The van der Waals surface area contributed by atoms with Gasteiger partial charge in [-0.05, 0) is 25.0 Å². The molecule has 0 bridgehead atoms. The Morgan fingerprint density at radius 2 is 1.92 bits per heavy atom. The Kier molecular flexibility index (Phi) is 6.79. The molecule has 1 aromatic rings. The van der Waals surface area contributed by atoms with E-state index < -0.39 is 11.0 Å². The summed E-state index contributed by atoms with van der Waals surface area (Å²) in [5.74, 6) is -0.128. The zero-order chi connectivity index (χ0) is 19.3. The maximum atomic E-state index is 12.4. The molecule has 142 valence electrons. The first-order chi connectivity index (χ1) is 12.3. The third-order valence-corrected chi connectivity index (χ3v) is 4.95. The van der Waals surface area contributed by atoms with Crippen molar-refractivity contribution in [1.29, 1.82) is 0 Å². The number of nitro groups is 1. The monoisotopic (exact) mass is 382 g/mol. The molecule has 0 spiro atoms.